The van der Waals surface area contributed by atoms with Crippen molar-refractivity contribution in [2.45, 2.75) is 41.8 Å². The summed E-state index contributed by atoms with van der Waals surface area (Å²) in [5.74, 6) is -0.339. The van der Waals surface area contributed by atoms with E-state index in [9.17, 15) is 35.5 Å². The summed E-state index contributed by atoms with van der Waals surface area (Å²) in [6, 6.07) is 5.78. The minimum absolute atomic E-state index is 0.0878. The highest BCUT2D eigenvalue weighted by atomic mass is 79.9. The van der Waals surface area contributed by atoms with E-state index in [1.165, 1.54) is 29.4 Å². The third-order valence-electron chi connectivity index (χ3n) is 5.70. The van der Waals surface area contributed by atoms with Crippen LogP contribution in [0, 0.1) is 0 Å². The summed E-state index contributed by atoms with van der Waals surface area (Å²) < 4.78 is 95.4. The number of hydrogen-bond acceptors (Lipinski definition) is 3. The number of alkyl halides is 7. The molecule has 3 aromatic rings. The number of carbonyl (C=O) groups excluding carboxylic acids is 1. The van der Waals surface area contributed by atoms with Crippen LogP contribution in [0.3, 0.4) is 0 Å². The zero-order valence-corrected chi connectivity index (χ0v) is 21.8. The summed E-state index contributed by atoms with van der Waals surface area (Å²) in [6.07, 6.45) is -6.40. The van der Waals surface area contributed by atoms with Crippen molar-refractivity contribution in [3.63, 3.8) is 0 Å². The minimum Gasteiger partial charge on any atom is -0.349 e. The van der Waals surface area contributed by atoms with Crippen molar-refractivity contribution >= 4 is 45.2 Å². The molecule has 37 heavy (non-hydrogen) atoms. The Kier molecular flexibility index (Phi) is 7.36. The van der Waals surface area contributed by atoms with Crippen LogP contribution in [0.5, 0.6) is 0 Å². The average molecular weight is 631 g/mol. The number of nitrogens with zero attached hydrogens (tertiary/aromatic N) is 2. The predicted octanol–water partition coefficient (Wildman–Crippen LogP) is 7.86. The van der Waals surface area contributed by atoms with Crippen molar-refractivity contribution in [3.05, 3.63) is 63.3 Å². The fourth-order valence-electron chi connectivity index (χ4n) is 3.60. The average Bonchev–Trinajstić information content (AvgIpc) is 3.49. The molecule has 1 amide bonds. The van der Waals surface area contributed by atoms with Gasteiger partial charge in [0.15, 0.2) is 0 Å². The molecule has 0 spiro atoms. The molecule has 1 N–H and O–H groups in total. The molecule has 2 aromatic carbocycles. The molecule has 0 radical (unpaired) electrons. The zero-order chi connectivity index (χ0) is 27.3. The number of hydrogen-bond donors (Lipinski definition) is 1. The number of halogens is 9. The predicted molar refractivity (Wildman–Crippen MR) is 129 cm³/mol. The van der Waals surface area contributed by atoms with E-state index >= 15 is 0 Å². The highest BCUT2D eigenvalue weighted by Crippen LogP contribution is 2.54. The Labute approximate surface area is 223 Å². The van der Waals surface area contributed by atoms with Crippen molar-refractivity contribution in [1.29, 1.82) is 0 Å². The third kappa shape index (κ3) is 5.22. The number of carbonyl (C=O) groups is 1. The minimum atomic E-state index is -6.24. The largest absolute Gasteiger partial charge is 0.435 e. The lowest BCUT2D eigenvalue weighted by atomic mass is 9.94. The van der Waals surface area contributed by atoms with Gasteiger partial charge in [-0.15, -0.1) is 11.8 Å². The van der Waals surface area contributed by atoms with Crippen molar-refractivity contribution in [1.82, 2.24) is 15.1 Å². The molecule has 4 nitrogen and oxygen atoms in total. The van der Waals surface area contributed by atoms with Crippen LogP contribution in [0.4, 0.5) is 30.7 Å². The number of nitrogens with one attached hydrogen (secondary N) is 1. The maximum atomic E-state index is 14.7. The van der Waals surface area contributed by atoms with Crippen LogP contribution in [0.2, 0.25) is 5.02 Å². The molecule has 0 atom stereocenters. The molecule has 1 aromatic heterocycles. The van der Waals surface area contributed by atoms with Crippen molar-refractivity contribution < 1.29 is 35.5 Å². The fraction of sp³-hybridized carbons (Fsp3) is 0.304. The molecule has 1 heterocycles. The van der Waals surface area contributed by atoms with E-state index in [2.05, 4.69) is 26.3 Å². The summed E-state index contributed by atoms with van der Waals surface area (Å²) in [5, 5.41) is 7.25. The van der Waals surface area contributed by atoms with Crippen LogP contribution < -0.4 is 5.32 Å². The molecule has 0 unspecified atom stereocenters. The number of rotatable bonds is 6. The molecule has 1 fully saturated rings. The SMILES string of the molecule is CSc1cc(C(F)(C(F)(F)F)C(F)(F)F)cc(Br)c1-n1cc(-c2ccc(Cl)c(C(=O)NC3CC3)c2)cn1. The summed E-state index contributed by atoms with van der Waals surface area (Å²) in [4.78, 5) is 12.4. The molecule has 1 aliphatic rings. The first-order valence-corrected chi connectivity index (χ1v) is 12.9. The van der Waals surface area contributed by atoms with Crippen LogP contribution in [-0.4, -0.2) is 40.3 Å². The van der Waals surface area contributed by atoms with Gasteiger partial charge in [0, 0.05) is 32.7 Å². The van der Waals surface area contributed by atoms with Gasteiger partial charge in [-0.3, -0.25) is 4.79 Å². The highest BCUT2D eigenvalue weighted by Gasteiger charge is 2.73. The van der Waals surface area contributed by atoms with Gasteiger partial charge in [-0.05, 0) is 64.9 Å². The van der Waals surface area contributed by atoms with Gasteiger partial charge >= 0.3 is 18.0 Å². The van der Waals surface area contributed by atoms with Crippen molar-refractivity contribution in [2.75, 3.05) is 6.26 Å². The van der Waals surface area contributed by atoms with Crippen LogP contribution >= 0.6 is 39.3 Å². The Morgan fingerprint density at radius 1 is 1.08 bits per heavy atom. The van der Waals surface area contributed by atoms with Crippen LogP contribution in [0.15, 0.2) is 52.1 Å². The second-order valence-electron chi connectivity index (χ2n) is 8.28. The summed E-state index contributed by atoms with van der Waals surface area (Å²) in [5.41, 5.74) is -5.79. The van der Waals surface area contributed by atoms with E-state index in [4.69, 9.17) is 11.6 Å². The normalized spacial score (nSPS) is 14.6. The van der Waals surface area contributed by atoms with E-state index in [1.807, 2.05) is 0 Å². The Morgan fingerprint density at radius 3 is 2.30 bits per heavy atom. The van der Waals surface area contributed by atoms with E-state index in [-0.39, 0.29) is 37.6 Å². The van der Waals surface area contributed by atoms with Crippen LogP contribution in [0.25, 0.3) is 16.8 Å². The monoisotopic (exact) mass is 629 g/mol. The quantitative estimate of drug-likeness (QED) is 0.223. The maximum Gasteiger partial charge on any atom is 0.435 e. The van der Waals surface area contributed by atoms with Crippen LogP contribution in [-0.2, 0) is 5.67 Å². The topological polar surface area (TPSA) is 46.9 Å². The van der Waals surface area contributed by atoms with Crippen LogP contribution in [0.1, 0.15) is 28.8 Å². The number of thioether (sulfide) groups is 1. The molecule has 0 saturated heterocycles. The number of benzene rings is 2. The van der Waals surface area contributed by atoms with E-state index in [0.717, 1.165) is 24.6 Å². The Morgan fingerprint density at radius 2 is 1.73 bits per heavy atom. The zero-order valence-electron chi connectivity index (χ0n) is 18.6. The van der Waals surface area contributed by atoms with E-state index in [1.54, 1.807) is 12.1 Å². The second kappa shape index (κ2) is 9.81. The summed E-state index contributed by atoms with van der Waals surface area (Å²) in [7, 11) is 0. The van der Waals surface area contributed by atoms with E-state index < -0.39 is 23.6 Å². The molecule has 0 bridgehead atoms. The molecular formula is C23H16BrClF7N3OS. The summed E-state index contributed by atoms with van der Waals surface area (Å²) in [6.45, 7) is 0. The number of amides is 1. The molecular weight excluding hydrogens is 615 g/mol. The lowest BCUT2D eigenvalue weighted by Gasteiger charge is -2.31. The van der Waals surface area contributed by atoms with Gasteiger partial charge in [0.1, 0.15) is 0 Å². The lowest BCUT2D eigenvalue weighted by Crippen LogP contribution is -2.50. The Balaban J connectivity index is 1.75. The lowest BCUT2D eigenvalue weighted by molar-refractivity contribution is -0.348. The number of aromatic nitrogens is 2. The first-order chi connectivity index (χ1) is 17.2. The van der Waals surface area contributed by atoms with Crippen molar-refractivity contribution in [2.24, 2.45) is 0 Å². The van der Waals surface area contributed by atoms with Crippen molar-refractivity contribution in [3.8, 4) is 16.8 Å². The Hall–Kier alpha value is -2.25. The van der Waals surface area contributed by atoms with Gasteiger partial charge in [0.25, 0.3) is 5.91 Å². The van der Waals surface area contributed by atoms with Gasteiger partial charge in [0.05, 0.1) is 22.5 Å². The smallest absolute Gasteiger partial charge is 0.349 e. The maximum absolute atomic E-state index is 14.7. The van der Waals surface area contributed by atoms with Gasteiger partial charge in [0.2, 0.25) is 0 Å². The molecule has 198 valence electrons. The van der Waals surface area contributed by atoms with Gasteiger partial charge in [-0.1, -0.05) is 17.7 Å². The van der Waals surface area contributed by atoms with Gasteiger partial charge in [-0.25, -0.2) is 9.07 Å². The second-order valence-corrected chi connectivity index (χ2v) is 10.4. The molecule has 1 saturated carbocycles. The molecule has 0 aliphatic heterocycles. The van der Waals surface area contributed by atoms with E-state index in [0.29, 0.717) is 23.3 Å². The summed E-state index contributed by atoms with van der Waals surface area (Å²) >= 11 is 9.99. The standard InChI is InChI=1S/C23H16BrClF7N3OS/c1-37-18-8-13(21(26,22(27,28)29)23(30,31)32)7-16(24)19(18)35-10-12(9-33-35)11-2-5-17(25)15(6-11)20(36)34-14-3-4-14/h2,5-10,14H,3-4H2,1H3,(H,34,36). The fourth-order valence-corrected chi connectivity index (χ4v) is 5.22. The third-order valence-corrected chi connectivity index (χ3v) is 7.38. The molecule has 1 aliphatic carbocycles. The highest BCUT2D eigenvalue weighted by molar-refractivity contribution is 9.10. The Bertz CT molecular complexity index is 1340. The first-order valence-electron chi connectivity index (χ1n) is 10.5. The molecule has 14 heteroatoms. The molecule has 4 rings (SSSR count). The van der Waals surface area contributed by atoms with Gasteiger partial charge < -0.3 is 5.32 Å². The van der Waals surface area contributed by atoms with Gasteiger partial charge in [-0.2, -0.15) is 31.4 Å². The first kappa shape index (κ1) is 27.8.